The molecule has 0 radical (unpaired) electrons. The van der Waals surface area contributed by atoms with Crippen molar-refractivity contribution in [2.24, 2.45) is 0 Å². The van der Waals surface area contributed by atoms with Crippen molar-refractivity contribution in [3.8, 4) is 11.5 Å². The van der Waals surface area contributed by atoms with Crippen LogP contribution < -0.4 is 4.90 Å². The van der Waals surface area contributed by atoms with Gasteiger partial charge in [0.05, 0.1) is 0 Å². The van der Waals surface area contributed by atoms with Crippen LogP contribution >= 0.6 is 0 Å². The van der Waals surface area contributed by atoms with Crippen molar-refractivity contribution < 1.29 is 4.39 Å². The predicted molar refractivity (Wildman–Crippen MR) is 104 cm³/mol. The lowest BCUT2D eigenvalue weighted by Gasteiger charge is -2.23. The van der Waals surface area contributed by atoms with Gasteiger partial charge in [-0.1, -0.05) is 6.07 Å². The zero-order chi connectivity index (χ0) is 18.5. The molecular weight excluding hydrogens is 341 g/mol. The van der Waals surface area contributed by atoms with Gasteiger partial charge in [-0.05, 0) is 42.8 Å². The van der Waals surface area contributed by atoms with E-state index in [1.54, 1.807) is 6.20 Å². The molecule has 27 heavy (non-hydrogen) atoms. The van der Waals surface area contributed by atoms with Crippen molar-refractivity contribution in [1.82, 2.24) is 19.9 Å². The number of rotatable bonds is 4. The van der Waals surface area contributed by atoms with Crippen LogP contribution in [0.25, 0.3) is 11.5 Å². The highest BCUT2D eigenvalue weighted by molar-refractivity contribution is 5.48. The molecule has 138 valence electrons. The number of nitrogens with zero attached hydrogens (tertiary/aromatic N) is 5. The van der Waals surface area contributed by atoms with Crippen molar-refractivity contribution in [2.75, 3.05) is 31.1 Å². The average molecular weight is 363 g/mol. The van der Waals surface area contributed by atoms with Gasteiger partial charge < -0.3 is 4.90 Å². The van der Waals surface area contributed by atoms with Crippen LogP contribution in [-0.4, -0.2) is 46.0 Å². The van der Waals surface area contributed by atoms with Crippen molar-refractivity contribution >= 4 is 5.69 Å². The number of hydrogen-bond acceptors (Lipinski definition) is 5. The summed E-state index contributed by atoms with van der Waals surface area (Å²) in [7, 11) is 0. The third kappa shape index (κ3) is 4.46. The molecule has 3 heterocycles. The van der Waals surface area contributed by atoms with Gasteiger partial charge in [-0.25, -0.2) is 14.4 Å². The molecule has 0 N–H and O–H groups in total. The van der Waals surface area contributed by atoms with Gasteiger partial charge in [-0.15, -0.1) is 0 Å². The van der Waals surface area contributed by atoms with E-state index in [1.165, 1.54) is 12.1 Å². The molecule has 0 bridgehead atoms. The fraction of sp³-hybridized carbons (Fsp3) is 0.286. The van der Waals surface area contributed by atoms with Gasteiger partial charge in [-0.3, -0.25) is 9.88 Å². The van der Waals surface area contributed by atoms with Crippen LogP contribution in [0, 0.1) is 5.82 Å². The topological polar surface area (TPSA) is 45.2 Å². The Hall–Kier alpha value is -2.86. The molecule has 0 spiro atoms. The number of anilines is 1. The second kappa shape index (κ2) is 8.22. The van der Waals surface area contributed by atoms with Crippen LogP contribution in [0.2, 0.25) is 0 Å². The molecule has 1 aromatic carbocycles. The minimum atomic E-state index is -0.190. The van der Waals surface area contributed by atoms with Crippen LogP contribution in [0.3, 0.4) is 0 Å². The summed E-state index contributed by atoms with van der Waals surface area (Å²) in [6, 6.07) is 12.5. The van der Waals surface area contributed by atoms with E-state index in [1.807, 2.05) is 42.7 Å². The predicted octanol–water partition coefficient (Wildman–Crippen LogP) is 3.39. The van der Waals surface area contributed by atoms with Crippen LogP contribution in [0.4, 0.5) is 10.1 Å². The maximum Gasteiger partial charge on any atom is 0.178 e. The SMILES string of the molecule is Fc1ccc(N2CCCN(Cc3cnc(-c4ccccn4)nc3)CC2)cc1. The largest absolute Gasteiger partial charge is 0.370 e. The zero-order valence-electron chi connectivity index (χ0n) is 15.1. The molecule has 0 saturated carbocycles. The van der Waals surface area contributed by atoms with Crippen LogP contribution in [0.5, 0.6) is 0 Å². The summed E-state index contributed by atoms with van der Waals surface area (Å²) in [4.78, 5) is 17.9. The summed E-state index contributed by atoms with van der Waals surface area (Å²) in [5, 5.41) is 0. The number of pyridine rings is 1. The normalized spacial score (nSPS) is 15.5. The third-order valence-corrected chi connectivity index (χ3v) is 4.79. The zero-order valence-corrected chi connectivity index (χ0v) is 15.1. The lowest BCUT2D eigenvalue weighted by molar-refractivity contribution is 0.285. The molecule has 4 rings (SSSR count). The Bertz CT molecular complexity index is 852. The van der Waals surface area contributed by atoms with E-state index in [9.17, 15) is 4.39 Å². The number of halogens is 1. The summed E-state index contributed by atoms with van der Waals surface area (Å²) in [5.41, 5.74) is 2.97. The standard InChI is InChI=1S/C21H22FN5/c22-18-5-7-19(8-6-18)27-11-3-10-26(12-13-27)16-17-14-24-21(25-15-17)20-4-1-2-9-23-20/h1-2,4-9,14-15H,3,10-13,16H2. The summed E-state index contributed by atoms with van der Waals surface area (Å²) in [5.74, 6) is 0.460. The Morgan fingerprint density at radius 3 is 2.41 bits per heavy atom. The molecule has 0 amide bonds. The number of benzene rings is 1. The molecule has 2 aromatic heterocycles. The van der Waals surface area contributed by atoms with E-state index >= 15 is 0 Å². The first-order valence-electron chi connectivity index (χ1n) is 9.23. The van der Waals surface area contributed by atoms with Gasteiger partial charge in [0, 0.05) is 62.6 Å². The fourth-order valence-electron chi connectivity index (χ4n) is 3.36. The van der Waals surface area contributed by atoms with E-state index in [4.69, 9.17) is 0 Å². The van der Waals surface area contributed by atoms with Gasteiger partial charge in [-0.2, -0.15) is 0 Å². The highest BCUT2D eigenvalue weighted by Gasteiger charge is 2.16. The first-order valence-corrected chi connectivity index (χ1v) is 9.23. The Balaban J connectivity index is 1.36. The molecule has 1 saturated heterocycles. The first kappa shape index (κ1) is 17.5. The molecule has 0 aliphatic carbocycles. The summed E-state index contributed by atoms with van der Waals surface area (Å²) in [6.45, 7) is 4.73. The van der Waals surface area contributed by atoms with Gasteiger partial charge >= 0.3 is 0 Å². The Labute approximate surface area is 158 Å². The smallest absolute Gasteiger partial charge is 0.178 e. The first-order chi connectivity index (χ1) is 13.3. The summed E-state index contributed by atoms with van der Waals surface area (Å²) < 4.78 is 13.1. The highest BCUT2D eigenvalue weighted by Crippen LogP contribution is 2.18. The van der Waals surface area contributed by atoms with E-state index in [0.29, 0.717) is 5.82 Å². The van der Waals surface area contributed by atoms with Crippen LogP contribution in [0.15, 0.2) is 61.1 Å². The lowest BCUT2D eigenvalue weighted by Crippen LogP contribution is -2.30. The quantitative estimate of drug-likeness (QED) is 0.711. The molecule has 6 heteroatoms. The lowest BCUT2D eigenvalue weighted by atomic mass is 10.2. The van der Waals surface area contributed by atoms with Crippen molar-refractivity contribution in [2.45, 2.75) is 13.0 Å². The molecule has 5 nitrogen and oxygen atoms in total. The van der Waals surface area contributed by atoms with Crippen LogP contribution in [-0.2, 0) is 6.54 Å². The molecule has 0 atom stereocenters. The van der Waals surface area contributed by atoms with Crippen molar-refractivity contribution in [3.05, 3.63) is 72.4 Å². The monoisotopic (exact) mass is 363 g/mol. The Morgan fingerprint density at radius 2 is 1.67 bits per heavy atom. The van der Waals surface area contributed by atoms with E-state index < -0.39 is 0 Å². The molecule has 1 aliphatic heterocycles. The number of hydrogen-bond donors (Lipinski definition) is 0. The number of aromatic nitrogens is 3. The van der Waals surface area contributed by atoms with Crippen LogP contribution in [0.1, 0.15) is 12.0 Å². The van der Waals surface area contributed by atoms with Crippen molar-refractivity contribution in [1.29, 1.82) is 0 Å². The molecule has 0 unspecified atom stereocenters. The maximum absolute atomic E-state index is 13.1. The van der Waals surface area contributed by atoms with E-state index in [-0.39, 0.29) is 5.82 Å². The summed E-state index contributed by atoms with van der Waals surface area (Å²) in [6.07, 6.45) is 6.60. The Kier molecular flexibility index (Phi) is 5.34. The molecular formula is C21H22FN5. The molecule has 3 aromatic rings. The highest BCUT2D eigenvalue weighted by atomic mass is 19.1. The minimum Gasteiger partial charge on any atom is -0.370 e. The fourth-order valence-corrected chi connectivity index (χ4v) is 3.36. The second-order valence-corrected chi connectivity index (χ2v) is 6.72. The molecule has 1 fully saturated rings. The van der Waals surface area contributed by atoms with Crippen molar-refractivity contribution in [3.63, 3.8) is 0 Å². The van der Waals surface area contributed by atoms with E-state index in [2.05, 4.69) is 24.8 Å². The Morgan fingerprint density at radius 1 is 0.852 bits per heavy atom. The van der Waals surface area contributed by atoms with E-state index in [0.717, 1.165) is 56.1 Å². The van der Waals surface area contributed by atoms with Gasteiger partial charge in [0.25, 0.3) is 0 Å². The second-order valence-electron chi connectivity index (χ2n) is 6.72. The molecule has 1 aliphatic rings. The third-order valence-electron chi connectivity index (χ3n) is 4.79. The maximum atomic E-state index is 13.1. The van der Waals surface area contributed by atoms with Gasteiger partial charge in [0.2, 0.25) is 0 Å². The summed E-state index contributed by atoms with van der Waals surface area (Å²) >= 11 is 0. The van der Waals surface area contributed by atoms with Gasteiger partial charge in [0.1, 0.15) is 11.5 Å². The van der Waals surface area contributed by atoms with Gasteiger partial charge in [0.15, 0.2) is 5.82 Å². The average Bonchev–Trinajstić information content (AvgIpc) is 2.95. The minimum absolute atomic E-state index is 0.190.